The van der Waals surface area contributed by atoms with E-state index in [4.69, 9.17) is 5.11 Å². The number of benzene rings is 2. The number of hydrogen-bond acceptors (Lipinski definition) is 7. The third-order valence-electron chi connectivity index (χ3n) is 11.1. The molecule has 2 aliphatic heterocycles. The number of fused-ring (bicyclic) bond motifs is 2. The summed E-state index contributed by atoms with van der Waals surface area (Å²) in [5, 5.41) is 15.0. The summed E-state index contributed by atoms with van der Waals surface area (Å²) in [6.45, 7) is 12.6. The van der Waals surface area contributed by atoms with Gasteiger partial charge in [-0.15, -0.1) is 22.7 Å². The molecule has 0 spiro atoms. The van der Waals surface area contributed by atoms with Crippen LogP contribution in [-0.2, 0) is 12.4 Å². The maximum Gasteiger partial charge on any atom is 0.416 e. The van der Waals surface area contributed by atoms with Crippen molar-refractivity contribution in [2.45, 2.75) is 38.5 Å². The second kappa shape index (κ2) is 14.4. The smallest absolute Gasteiger partial charge is 0.396 e. The Hall–Kier alpha value is -2.58. The zero-order valence-electron chi connectivity index (χ0n) is 28.1. The van der Waals surface area contributed by atoms with Crippen molar-refractivity contribution in [2.24, 2.45) is 23.7 Å². The summed E-state index contributed by atoms with van der Waals surface area (Å²) < 4.78 is 78.6. The van der Waals surface area contributed by atoms with E-state index in [-0.39, 0.29) is 0 Å². The fraction of sp³-hybridized carbons (Fsp3) is 0.568. The first-order valence-electron chi connectivity index (χ1n) is 17.6. The Morgan fingerprint density at radius 1 is 0.620 bits per heavy atom. The van der Waals surface area contributed by atoms with Crippen LogP contribution in [0, 0.1) is 23.7 Å². The molecule has 4 fully saturated rings. The summed E-state index contributed by atoms with van der Waals surface area (Å²) in [6.07, 6.45) is -4.76. The topological polar surface area (TPSA) is 33.2 Å². The molecule has 4 aliphatic rings. The lowest BCUT2D eigenvalue weighted by Crippen LogP contribution is -2.47. The van der Waals surface area contributed by atoms with Crippen LogP contribution in [0.15, 0.2) is 47.2 Å². The van der Waals surface area contributed by atoms with Gasteiger partial charge in [0.25, 0.3) is 0 Å². The van der Waals surface area contributed by atoms with E-state index in [0.717, 1.165) is 104 Å². The molecule has 2 saturated carbocycles. The van der Waals surface area contributed by atoms with Gasteiger partial charge in [0.05, 0.1) is 22.5 Å². The molecule has 272 valence electrons. The van der Waals surface area contributed by atoms with Crippen LogP contribution in [0.1, 0.15) is 37.3 Å². The Morgan fingerprint density at radius 3 is 1.40 bits per heavy atom. The minimum Gasteiger partial charge on any atom is -0.396 e. The van der Waals surface area contributed by atoms with Gasteiger partial charge in [0, 0.05) is 103 Å². The molecule has 0 bridgehead atoms. The summed E-state index contributed by atoms with van der Waals surface area (Å²) in [5.41, 5.74) is 0.994. The molecule has 2 aliphatic carbocycles. The normalized spacial score (nSPS) is 24.9. The molecule has 2 aromatic carbocycles. The van der Waals surface area contributed by atoms with Crippen LogP contribution in [0.3, 0.4) is 0 Å². The maximum atomic E-state index is 12.9. The monoisotopic (exact) mass is 738 g/mol. The Labute approximate surface area is 297 Å². The molecule has 13 heteroatoms. The standard InChI is InChI=1S/C19H23F3N2S.C18H21F3N2OS/c1-2-13-9-14(13)11-23-5-7-24(8-6-23)17-12-25-18-10-15(19(20,21)22)3-4-16(17)18;19-18(20,21)14-1-2-15-16(11-25-17(15)8-14)23-5-3-22(4-6-23)9-12-7-13(12)10-24/h3-4,10,12-14H,2,5-9,11H2,1H3;1-2,8,11-13,24H,3-7,9-10H2/t13-,14?;12?,13-/m10/s1. The quantitative estimate of drug-likeness (QED) is 0.183. The predicted molar refractivity (Wildman–Crippen MR) is 192 cm³/mol. The minimum atomic E-state index is -4.29. The van der Waals surface area contributed by atoms with E-state index in [9.17, 15) is 26.3 Å². The van der Waals surface area contributed by atoms with Gasteiger partial charge in [-0.3, -0.25) is 9.80 Å². The van der Waals surface area contributed by atoms with Gasteiger partial charge in [-0.25, -0.2) is 0 Å². The van der Waals surface area contributed by atoms with Crippen molar-refractivity contribution in [1.29, 1.82) is 0 Å². The first-order valence-corrected chi connectivity index (χ1v) is 19.4. The second-order valence-corrected chi connectivity index (χ2v) is 16.2. The first kappa shape index (κ1) is 35.8. The SMILES string of the molecule is CC[C@@H]1CC1CN1CCN(c2csc3cc(C(F)(F)F)ccc23)CC1.OC[C@@H]1CC1CN1CCN(c2csc3cc(C(F)(F)F)ccc23)CC1. The Balaban J connectivity index is 0.000000157. The predicted octanol–water partition coefficient (Wildman–Crippen LogP) is 8.76. The first-order chi connectivity index (χ1) is 23.9. The summed E-state index contributed by atoms with van der Waals surface area (Å²) in [4.78, 5) is 9.59. The van der Waals surface area contributed by atoms with Gasteiger partial charge in [-0.2, -0.15) is 26.3 Å². The van der Waals surface area contributed by atoms with E-state index in [1.54, 1.807) is 12.1 Å². The van der Waals surface area contributed by atoms with Gasteiger partial charge in [-0.05, 0) is 60.8 Å². The Morgan fingerprint density at radius 2 is 1.04 bits per heavy atom. The zero-order chi connectivity index (χ0) is 35.2. The van der Waals surface area contributed by atoms with Gasteiger partial charge >= 0.3 is 12.4 Å². The Bertz CT molecular complexity index is 1630. The molecule has 2 unspecified atom stereocenters. The molecule has 2 aromatic heterocycles. The van der Waals surface area contributed by atoms with Crippen molar-refractivity contribution in [3.8, 4) is 0 Å². The number of rotatable bonds is 8. The van der Waals surface area contributed by atoms with Crippen molar-refractivity contribution in [2.75, 3.05) is 81.9 Å². The average Bonchev–Trinajstić information content (AvgIpc) is 3.94. The molecular formula is C37H44F6N4OS2. The molecule has 50 heavy (non-hydrogen) atoms. The minimum absolute atomic E-state index is 0.297. The van der Waals surface area contributed by atoms with Crippen LogP contribution >= 0.6 is 22.7 Å². The van der Waals surface area contributed by atoms with Crippen LogP contribution in [0.5, 0.6) is 0 Å². The number of thiophene rings is 2. The summed E-state index contributed by atoms with van der Waals surface area (Å²) in [7, 11) is 0. The number of halogens is 6. The molecular weight excluding hydrogens is 695 g/mol. The summed E-state index contributed by atoms with van der Waals surface area (Å²) >= 11 is 2.79. The summed E-state index contributed by atoms with van der Waals surface area (Å²) in [6, 6.07) is 8.14. The fourth-order valence-electron chi connectivity index (χ4n) is 7.67. The van der Waals surface area contributed by atoms with E-state index < -0.39 is 23.5 Å². The molecule has 2 saturated heterocycles. The maximum absolute atomic E-state index is 12.9. The number of anilines is 2. The lowest BCUT2D eigenvalue weighted by Gasteiger charge is -2.36. The molecule has 4 aromatic rings. The number of alkyl halides is 6. The van der Waals surface area contributed by atoms with Crippen molar-refractivity contribution >= 4 is 54.2 Å². The highest BCUT2D eigenvalue weighted by Crippen LogP contribution is 2.43. The Kier molecular flexibility index (Phi) is 10.3. The molecule has 4 heterocycles. The number of aliphatic hydroxyl groups excluding tert-OH is 1. The number of aliphatic hydroxyl groups is 1. The molecule has 0 radical (unpaired) electrons. The second-order valence-electron chi connectivity index (χ2n) is 14.3. The van der Waals surface area contributed by atoms with Gasteiger partial charge in [0.1, 0.15) is 0 Å². The van der Waals surface area contributed by atoms with E-state index >= 15 is 0 Å². The molecule has 5 nitrogen and oxygen atoms in total. The fourth-order valence-corrected chi connectivity index (χ4v) is 9.69. The van der Waals surface area contributed by atoms with Crippen LogP contribution in [0.25, 0.3) is 20.2 Å². The third kappa shape index (κ3) is 8.06. The van der Waals surface area contributed by atoms with Crippen molar-refractivity contribution in [3.63, 3.8) is 0 Å². The largest absolute Gasteiger partial charge is 0.416 e. The highest BCUT2D eigenvalue weighted by atomic mass is 32.1. The number of hydrogen-bond donors (Lipinski definition) is 1. The lowest BCUT2D eigenvalue weighted by molar-refractivity contribution is -0.138. The van der Waals surface area contributed by atoms with Crippen LogP contribution < -0.4 is 9.80 Å². The van der Waals surface area contributed by atoms with Gasteiger partial charge < -0.3 is 14.9 Å². The highest BCUT2D eigenvalue weighted by Gasteiger charge is 2.39. The third-order valence-corrected chi connectivity index (χ3v) is 12.9. The van der Waals surface area contributed by atoms with Gasteiger partial charge in [0.15, 0.2) is 0 Å². The summed E-state index contributed by atoms with van der Waals surface area (Å²) in [5.74, 6) is 2.95. The molecule has 4 atom stereocenters. The van der Waals surface area contributed by atoms with Crippen molar-refractivity contribution in [1.82, 2.24) is 9.80 Å². The van der Waals surface area contributed by atoms with E-state index in [1.165, 1.54) is 66.3 Å². The van der Waals surface area contributed by atoms with Gasteiger partial charge in [-0.1, -0.05) is 25.5 Å². The molecule has 1 N–H and O–H groups in total. The van der Waals surface area contributed by atoms with Gasteiger partial charge in [0.2, 0.25) is 0 Å². The van der Waals surface area contributed by atoms with Crippen molar-refractivity contribution in [3.05, 3.63) is 58.3 Å². The van der Waals surface area contributed by atoms with E-state index in [1.807, 2.05) is 10.8 Å². The van der Waals surface area contributed by atoms with Crippen LogP contribution in [0.4, 0.5) is 37.7 Å². The number of piperazine rings is 2. The molecule has 0 amide bonds. The van der Waals surface area contributed by atoms with Crippen LogP contribution in [-0.4, -0.2) is 87.0 Å². The van der Waals surface area contributed by atoms with E-state index in [2.05, 4.69) is 26.5 Å². The highest BCUT2D eigenvalue weighted by molar-refractivity contribution is 7.18. The van der Waals surface area contributed by atoms with E-state index in [0.29, 0.717) is 23.1 Å². The molecule has 8 rings (SSSR count). The lowest BCUT2D eigenvalue weighted by atomic mass is 10.1. The van der Waals surface area contributed by atoms with Crippen LogP contribution in [0.2, 0.25) is 0 Å². The van der Waals surface area contributed by atoms with Crippen molar-refractivity contribution < 1.29 is 31.4 Å². The zero-order valence-corrected chi connectivity index (χ0v) is 29.8. The number of nitrogens with zero attached hydrogens (tertiary/aromatic N) is 4. The average molecular weight is 739 g/mol.